The van der Waals surface area contributed by atoms with Gasteiger partial charge >= 0.3 is 0 Å². The van der Waals surface area contributed by atoms with E-state index in [1.807, 2.05) is 0 Å². The average molecular weight is 216 g/mol. The topological polar surface area (TPSA) is 33.7 Å². The molecule has 1 aliphatic rings. The standard InChI is InChI=1S/C11H24N2O2/c1-10(9-14-2)12-5-7-13-6-4-11(8-13)15-3/h10-12H,4-9H2,1-3H3. The Morgan fingerprint density at radius 1 is 1.47 bits per heavy atom. The van der Waals surface area contributed by atoms with Crippen molar-refractivity contribution < 1.29 is 9.47 Å². The van der Waals surface area contributed by atoms with Crippen LogP contribution in [0.25, 0.3) is 0 Å². The molecule has 2 atom stereocenters. The van der Waals surface area contributed by atoms with Gasteiger partial charge in [0.1, 0.15) is 0 Å². The minimum absolute atomic E-state index is 0.441. The Hall–Kier alpha value is -0.160. The van der Waals surface area contributed by atoms with Crippen LogP contribution in [0.15, 0.2) is 0 Å². The second-order valence-electron chi connectivity index (χ2n) is 4.26. The molecule has 1 fully saturated rings. The van der Waals surface area contributed by atoms with Crippen LogP contribution in [0.5, 0.6) is 0 Å². The summed E-state index contributed by atoms with van der Waals surface area (Å²) in [5.41, 5.74) is 0. The highest BCUT2D eigenvalue weighted by atomic mass is 16.5. The van der Waals surface area contributed by atoms with Gasteiger partial charge in [0.2, 0.25) is 0 Å². The van der Waals surface area contributed by atoms with Crippen LogP contribution in [0, 0.1) is 0 Å². The molecule has 1 aliphatic heterocycles. The minimum atomic E-state index is 0.441. The van der Waals surface area contributed by atoms with Gasteiger partial charge in [-0.2, -0.15) is 0 Å². The summed E-state index contributed by atoms with van der Waals surface area (Å²) >= 11 is 0. The SMILES string of the molecule is COCC(C)NCCN1CCC(OC)C1. The Bertz CT molecular complexity index is 167. The summed E-state index contributed by atoms with van der Waals surface area (Å²) in [5, 5.41) is 3.44. The zero-order chi connectivity index (χ0) is 11.1. The Kier molecular flexibility index (Phi) is 6.17. The first-order valence-electron chi connectivity index (χ1n) is 5.73. The van der Waals surface area contributed by atoms with E-state index in [1.165, 1.54) is 13.0 Å². The Morgan fingerprint density at radius 3 is 2.87 bits per heavy atom. The highest BCUT2D eigenvalue weighted by Gasteiger charge is 2.21. The molecule has 1 N–H and O–H groups in total. The van der Waals surface area contributed by atoms with Crippen molar-refractivity contribution in [2.45, 2.75) is 25.5 Å². The highest BCUT2D eigenvalue weighted by Crippen LogP contribution is 2.10. The van der Waals surface area contributed by atoms with E-state index in [9.17, 15) is 0 Å². The zero-order valence-electron chi connectivity index (χ0n) is 10.2. The predicted octanol–water partition coefficient (Wildman–Crippen LogP) is 0.332. The van der Waals surface area contributed by atoms with Gasteiger partial charge in [-0.1, -0.05) is 0 Å². The minimum Gasteiger partial charge on any atom is -0.383 e. The van der Waals surface area contributed by atoms with Crippen LogP contribution in [0.2, 0.25) is 0 Å². The van der Waals surface area contributed by atoms with E-state index in [2.05, 4.69) is 17.1 Å². The van der Waals surface area contributed by atoms with Crippen LogP contribution in [0.4, 0.5) is 0 Å². The molecule has 0 aliphatic carbocycles. The normalized spacial score (nSPS) is 24.6. The third kappa shape index (κ3) is 4.93. The molecule has 4 heteroatoms. The summed E-state index contributed by atoms with van der Waals surface area (Å²) in [6, 6.07) is 0.441. The Morgan fingerprint density at radius 2 is 2.27 bits per heavy atom. The van der Waals surface area contributed by atoms with E-state index in [0.717, 1.165) is 26.2 Å². The zero-order valence-corrected chi connectivity index (χ0v) is 10.2. The summed E-state index contributed by atoms with van der Waals surface area (Å²) in [5.74, 6) is 0. The molecule has 0 aromatic heterocycles. The quantitative estimate of drug-likeness (QED) is 0.665. The van der Waals surface area contributed by atoms with E-state index in [4.69, 9.17) is 9.47 Å². The van der Waals surface area contributed by atoms with Gasteiger partial charge in [-0.15, -0.1) is 0 Å². The number of ether oxygens (including phenoxy) is 2. The first kappa shape index (κ1) is 12.9. The van der Waals surface area contributed by atoms with Crippen LogP contribution in [-0.4, -0.2) is 64.1 Å². The maximum atomic E-state index is 5.33. The molecule has 0 saturated carbocycles. The van der Waals surface area contributed by atoms with Crippen molar-refractivity contribution in [2.24, 2.45) is 0 Å². The largest absolute Gasteiger partial charge is 0.383 e. The third-order valence-electron chi connectivity index (χ3n) is 2.90. The molecule has 0 aromatic rings. The number of rotatable bonds is 7. The lowest BCUT2D eigenvalue weighted by atomic mass is 10.3. The maximum Gasteiger partial charge on any atom is 0.0710 e. The maximum absolute atomic E-state index is 5.33. The summed E-state index contributed by atoms with van der Waals surface area (Å²) < 4.78 is 10.4. The van der Waals surface area contributed by atoms with Gasteiger partial charge in [0.05, 0.1) is 12.7 Å². The molecule has 0 radical (unpaired) electrons. The van der Waals surface area contributed by atoms with Gasteiger partial charge in [-0.25, -0.2) is 0 Å². The van der Waals surface area contributed by atoms with Crippen molar-refractivity contribution >= 4 is 0 Å². The molecular formula is C11H24N2O2. The van der Waals surface area contributed by atoms with Crippen LogP contribution in [0.1, 0.15) is 13.3 Å². The summed E-state index contributed by atoms with van der Waals surface area (Å²) in [6.07, 6.45) is 1.62. The molecule has 0 bridgehead atoms. The second kappa shape index (κ2) is 7.17. The number of likely N-dealkylation sites (tertiary alicyclic amines) is 1. The van der Waals surface area contributed by atoms with Gasteiger partial charge in [-0.05, 0) is 13.3 Å². The van der Waals surface area contributed by atoms with Crippen molar-refractivity contribution in [3.05, 3.63) is 0 Å². The number of hydrogen-bond acceptors (Lipinski definition) is 4. The number of methoxy groups -OCH3 is 2. The second-order valence-corrected chi connectivity index (χ2v) is 4.26. The van der Waals surface area contributed by atoms with Gasteiger partial charge in [-0.3, -0.25) is 4.90 Å². The van der Waals surface area contributed by atoms with Crippen molar-refractivity contribution in [3.63, 3.8) is 0 Å². The van der Waals surface area contributed by atoms with Crippen LogP contribution in [0.3, 0.4) is 0 Å². The number of nitrogens with one attached hydrogen (secondary N) is 1. The van der Waals surface area contributed by atoms with Crippen molar-refractivity contribution in [2.75, 3.05) is 47.0 Å². The fourth-order valence-electron chi connectivity index (χ4n) is 1.97. The van der Waals surface area contributed by atoms with E-state index >= 15 is 0 Å². The van der Waals surface area contributed by atoms with Crippen LogP contribution < -0.4 is 5.32 Å². The molecule has 0 spiro atoms. The van der Waals surface area contributed by atoms with Gasteiger partial charge in [0, 0.05) is 46.4 Å². The lowest BCUT2D eigenvalue weighted by Gasteiger charge is -2.18. The fourth-order valence-corrected chi connectivity index (χ4v) is 1.97. The van der Waals surface area contributed by atoms with Gasteiger partial charge in [0.15, 0.2) is 0 Å². The van der Waals surface area contributed by atoms with E-state index in [-0.39, 0.29) is 0 Å². The van der Waals surface area contributed by atoms with Crippen LogP contribution >= 0.6 is 0 Å². The molecule has 0 aromatic carbocycles. The highest BCUT2D eigenvalue weighted by molar-refractivity contribution is 4.76. The van der Waals surface area contributed by atoms with Crippen molar-refractivity contribution in [1.29, 1.82) is 0 Å². The molecule has 1 saturated heterocycles. The average Bonchev–Trinajstić information content (AvgIpc) is 2.66. The fraction of sp³-hybridized carbons (Fsp3) is 1.00. The summed E-state index contributed by atoms with van der Waals surface area (Å²) in [6.45, 7) is 7.30. The molecule has 1 rings (SSSR count). The van der Waals surface area contributed by atoms with E-state index in [0.29, 0.717) is 12.1 Å². The molecule has 15 heavy (non-hydrogen) atoms. The number of hydrogen-bond donors (Lipinski definition) is 1. The molecule has 0 amide bonds. The van der Waals surface area contributed by atoms with E-state index in [1.54, 1.807) is 14.2 Å². The third-order valence-corrected chi connectivity index (χ3v) is 2.90. The monoisotopic (exact) mass is 216 g/mol. The Balaban J connectivity index is 2.01. The molecule has 90 valence electrons. The molecule has 4 nitrogen and oxygen atoms in total. The summed E-state index contributed by atoms with van der Waals surface area (Å²) in [7, 11) is 3.54. The first-order valence-corrected chi connectivity index (χ1v) is 5.73. The first-order chi connectivity index (χ1) is 7.26. The van der Waals surface area contributed by atoms with Crippen molar-refractivity contribution in [1.82, 2.24) is 10.2 Å². The Labute approximate surface area is 92.9 Å². The molecule has 1 heterocycles. The van der Waals surface area contributed by atoms with Gasteiger partial charge < -0.3 is 14.8 Å². The lowest BCUT2D eigenvalue weighted by molar-refractivity contribution is 0.108. The van der Waals surface area contributed by atoms with Crippen LogP contribution in [-0.2, 0) is 9.47 Å². The van der Waals surface area contributed by atoms with E-state index < -0.39 is 0 Å². The van der Waals surface area contributed by atoms with Crippen molar-refractivity contribution in [3.8, 4) is 0 Å². The van der Waals surface area contributed by atoms with Gasteiger partial charge in [0.25, 0.3) is 0 Å². The predicted molar refractivity (Wildman–Crippen MR) is 61.2 cm³/mol. The smallest absolute Gasteiger partial charge is 0.0710 e. The lowest BCUT2D eigenvalue weighted by Crippen LogP contribution is -2.37. The number of nitrogens with zero attached hydrogens (tertiary/aromatic N) is 1. The molecule has 2 unspecified atom stereocenters. The molecular weight excluding hydrogens is 192 g/mol. The summed E-state index contributed by atoms with van der Waals surface area (Å²) in [4.78, 5) is 2.45.